The molecule has 3 nitrogen and oxygen atoms in total. The highest BCUT2D eigenvalue weighted by Crippen LogP contribution is 2.29. The normalized spacial score (nSPS) is 20.5. The lowest BCUT2D eigenvalue weighted by Gasteiger charge is -2.16. The van der Waals surface area contributed by atoms with Crippen LogP contribution < -0.4 is 0 Å². The number of nitrogens with zero attached hydrogens (tertiary/aromatic N) is 1. The number of allylic oxidation sites excluding steroid dienone is 1. The number of rotatable bonds is 4. The summed E-state index contributed by atoms with van der Waals surface area (Å²) in [6.07, 6.45) is 6.65. The largest absolute Gasteiger partial charge is 0.339 e. The minimum Gasteiger partial charge on any atom is -0.339 e. The topological polar surface area (TPSA) is 37.4 Å². The second-order valence-corrected chi connectivity index (χ2v) is 5.00. The van der Waals surface area contributed by atoms with Gasteiger partial charge in [-0.25, -0.2) is 0 Å². The van der Waals surface area contributed by atoms with E-state index < -0.39 is 0 Å². The van der Waals surface area contributed by atoms with E-state index in [4.69, 9.17) is 0 Å². The van der Waals surface area contributed by atoms with Gasteiger partial charge in [0.15, 0.2) is 5.78 Å². The van der Waals surface area contributed by atoms with E-state index in [9.17, 15) is 9.59 Å². The number of carbonyl (C=O) groups is 2. The lowest BCUT2D eigenvalue weighted by atomic mass is 10.0. The van der Waals surface area contributed by atoms with Crippen LogP contribution in [0.1, 0.15) is 51.9 Å². The molecule has 0 unspecified atom stereocenters. The van der Waals surface area contributed by atoms with Gasteiger partial charge < -0.3 is 4.90 Å². The fourth-order valence-corrected chi connectivity index (χ4v) is 2.70. The van der Waals surface area contributed by atoms with Crippen LogP contribution in [0.3, 0.4) is 0 Å². The molecule has 0 saturated carbocycles. The molecule has 0 atom stereocenters. The third-order valence-electron chi connectivity index (χ3n) is 3.73. The summed E-state index contributed by atoms with van der Waals surface area (Å²) in [5.41, 5.74) is 1.66. The quantitative estimate of drug-likeness (QED) is 0.702. The summed E-state index contributed by atoms with van der Waals surface area (Å²) in [7, 11) is 0. The Bertz CT molecular complexity index is 351. The molecule has 1 saturated heterocycles. The fraction of sp³-hybridized carbons (Fsp3) is 0.714. The predicted molar refractivity (Wildman–Crippen MR) is 66.6 cm³/mol. The number of carbonyl (C=O) groups excluding carboxylic acids is 2. The van der Waals surface area contributed by atoms with Crippen molar-refractivity contribution in [2.24, 2.45) is 0 Å². The number of amides is 1. The smallest absolute Gasteiger partial charge is 0.257 e. The van der Waals surface area contributed by atoms with Crippen molar-refractivity contribution in [2.75, 3.05) is 13.1 Å². The molecule has 0 N–H and O–H groups in total. The average molecular weight is 235 g/mol. The maximum Gasteiger partial charge on any atom is 0.257 e. The average Bonchev–Trinajstić information content (AvgIpc) is 2.95. The molecule has 0 aromatic carbocycles. The molecule has 0 bridgehead atoms. The van der Waals surface area contributed by atoms with E-state index in [1.807, 2.05) is 4.90 Å². The minimum atomic E-state index is 0.0103. The van der Waals surface area contributed by atoms with Crippen molar-refractivity contribution in [3.05, 3.63) is 11.1 Å². The maximum atomic E-state index is 12.3. The van der Waals surface area contributed by atoms with E-state index in [1.165, 1.54) is 0 Å². The van der Waals surface area contributed by atoms with Gasteiger partial charge in [-0.3, -0.25) is 9.59 Å². The zero-order chi connectivity index (χ0) is 12.3. The Balaban J connectivity index is 2.13. The van der Waals surface area contributed by atoms with Gasteiger partial charge >= 0.3 is 0 Å². The SMILES string of the molecule is CCCCC1=C(C(=O)N2CCCC2)C(=O)CC1. The van der Waals surface area contributed by atoms with Gasteiger partial charge in [-0.15, -0.1) is 0 Å². The van der Waals surface area contributed by atoms with Gasteiger partial charge in [0.2, 0.25) is 0 Å². The summed E-state index contributed by atoms with van der Waals surface area (Å²) >= 11 is 0. The van der Waals surface area contributed by atoms with Crippen molar-refractivity contribution in [1.82, 2.24) is 4.90 Å². The highest BCUT2D eigenvalue weighted by Gasteiger charge is 2.32. The first kappa shape index (κ1) is 12.3. The van der Waals surface area contributed by atoms with Crippen molar-refractivity contribution in [3.8, 4) is 0 Å². The van der Waals surface area contributed by atoms with E-state index >= 15 is 0 Å². The molecule has 2 aliphatic rings. The van der Waals surface area contributed by atoms with E-state index in [1.54, 1.807) is 0 Å². The summed E-state index contributed by atoms with van der Waals surface area (Å²) < 4.78 is 0. The monoisotopic (exact) mass is 235 g/mol. The maximum absolute atomic E-state index is 12.3. The number of hydrogen-bond donors (Lipinski definition) is 0. The summed E-state index contributed by atoms with van der Waals surface area (Å²) in [6.45, 7) is 3.80. The van der Waals surface area contributed by atoms with Crippen LogP contribution in [0, 0.1) is 0 Å². The van der Waals surface area contributed by atoms with Crippen molar-refractivity contribution >= 4 is 11.7 Å². The van der Waals surface area contributed by atoms with Crippen molar-refractivity contribution in [3.63, 3.8) is 0 Å². The van der Waals surface area contributed by atoms with Gasteiger partial charge in [0.1, 0.15) is 0 Å². The van der Waals surface area contributed by atoms with E-state index in [0.717, 1.165) is 57.2 Å². The minimum absolute atomic E-state index is 0.0103. The van der Waals surface area contributed by atoms with Crippen molar-refractivity contribution in [1.29, 1.82) is 0 Å². The molecular weight excluding hydrogens is 214 g/mol. The van der Waals surface area contributed by atoms with Crippen LogP contribution in [0.2, 0.25) is 0 Å². The standard InChI is InChI=1S/C14H21NO2/c1-2-3-6-11-7-8-12(16)13(11)14(17)15-9-4-5-10-15/h2-10H2,1H3. The predicted octanol–water partition coefficient (Wildman–Crippen LogP) is 2.46. The first-order chi connectivity index (χ1) is 8.24. The van der Waals surface area contributed by atoms with Gasteiger partial charge in [-0.05, 0) is 32.1 Å². The first-order valence-corrected chi connectivity index (χ1v) is 6.78. The van der Waals surface area contributed by atoms with Gasteiger partial charge in [0.05, 0.1) is 5.57 Å². The molecule has 94 valence electrons. The lowest BCUT2D eigenvalue weighted by molar-refractivity contribution is -0.128. The number of unbranched alkanes of at least 4 members (excludes halogenated alkanes) is 1. The third kappa shape index (κ3) is 2.59. The zero-order valence-corrected chi connectivity index (χ0v) is 10.6. The van der Waals surface area contributed by atoms with Crippen LogP contribution in [-0.2, 0) is 9.59 Å². The Morgan fingerprint density at radius 1 is 1.24 bits per heavy atom. The highest BCUT2D eigenvalue weighted by molar-refractivity contribution is 6.21. The van der Waals surface area contributed by atoms with Gasteiger partial charge in [-0.2, -0.15) is 0 Å². The van der Waals surface area contributed by atoms with Crippen LogP contribution in [-0.4, -0.2) is 29.7 Å². The highest BCUT2D eigenvalue weighted by atomic mass is 16.2. The molecule has 0 spiro atoms. The molecule has 0 aromatic rings. The molecule has 1 amide bonds. The second kappa shape index (κ2) is 5.48. The van der Waals surface area contributed by atoms with Crippen LogP contribution in [0.4, 0.5) is 0 Å². The molecule has 1 fully saturated rings. The Labute approximate surface area is 103 Å². The Hall–Kier alpha value is -1.12. The number of ketones is 1. The summed E-state index contributed by atoms with van der Waals surface area (Å²) in [4.78, 5) is 26.0. The second-order valence-electron chi connectivity index (χ2n) is 5.00. The molecule has 0 aromatic heterocycles. The zero-order valence-electron chi connectivity index (χ0n) is 10.6. The molecule has 2 rings (SSSR count). The Morgan fingerprint density at radius 3 is 2.59 bits per heavy atom. The Morgan fingerprint density at radius 2 is 1.94 bits per heavy atom. The van der Waals surface area contributed by atoms with Gasteiger partial charge in [-0.1, -0.05) is 18.9 Å². The molecule has 1 aliphatic carbocycles. The summed E-state index contributed by atoms with van der Waals surface area (Å²) in [5.74, 6) is 0.0871. The molecule has 1 heterocycles. The van der Waals surface area contributed by atoms with E-state index in [0.29, 0.717) is 12.0 Å². The number of hydrogen-bond acceptors (Lipinski definition) is 2. The van der Waals surface area contributed by atoms with Crippen LogP contribution in [0.25, 0.3) is 0 Å². The van der Waals surface area contributed by atoms with Gasteiger partial charge in [0, 0.05) is 19.5 Å². The molecule has 0 radical (unpaired) electrons. The first-order valence-electron chi connectivity index (χ1n) is 6.78. The summed E-state index contributed by atoms with van der Waals surface area (Å²) in [6, 6.07) is 0. The van der Waals surface area contributed by atoms with Crippen molar-refractivity contribution < 1.29 is 9.59 Å². The molecule has 1 aliphatic heterocycles. The Kier molecular flexibility index (Phi) is 3.97. The fourth-order valence-electron chi connectivity index (χ4n) is 2.70. The molecular formula is C14H21NO2. The molecule has 17 heavy (non-hydrogen) atoms. The number of likely N-dealkylation sites (tertiary alicyclic amines) is 1. The van der Waals surface area contributed by atoms with Gasteiger partial charge in [0.25, 0.3) is 5.91 Å². The van der Waals surface area contributed by atoms with Crippen LogP contribution >= 0.6 is 0 Å². The van der Waals surface area contributed by atoms with E-state index in [-0.39, 0.29) is 11.7 Å². The summed E-state index contributed by atoms with van der Waals surface area (Å²) in [5, 5.41) is 0. The number of Topliss-reactive ketones (excluding diaryl/α,β-unsaturated/α-hetero) is 1. The van der Waals surface area contributed by atoms with Crippen LogP contribution in [0.15, 0.2) is 11.1 Å². The lowest BCUT2D eigenvalue weighted by Crippen LogP contribution is -2.31. The third-order valence-corrected chi connectivity index (χ3v) is 3.73. The van der Waals surface area contributed by atoms with Crippen LogP contribution in [0.5, 0.6) is 0 Å². The van der Waals surface area contributed by atoms with Crippen molar-refractivity contribution in [2.45, 2.75) is 51.9 Å². The van der Waals surface area contributed by atoms with E-state index in [2.05, 4.69) is 6.92 Å². The molecule has 3 heteroatoms.